The number of nitrogens with zero attached hydrogens (tertiary/aromatic N) is 2. The second-order valence-corrected chi connectivity index (χ2v) is 6.80. The lowest BCUT2D eigenvalue weighted by Crippen LogP contribution is -2.13. The molecule has 1 heterocycles. The minimum atomic E-state index is -0.442. The molecule has 128 valence electrons. The van der Waals surface area contributed by atoms with E-state index in [-0.39, 0.29) is 5.75 Å². The van der Waals surface area contributed by atoms with Crippen LogP contribution in [0, 0.1) is 18.3 Å². The van der Waals surface area contributed by atoms with E-state index in [0.717, 1.165) is 27.9 Å². The second-order valence-electron chi connectivity index (χ2n) is 5.83. The van der Waals surface area contributed by atoms with E-state index in [1.165, 1.54) is 11.8 Å². The van der Waals surface area contributed by atoms with Gasteiger partial charge in [0.05, 0.1) is 17.0 Å². The van der Waals surface area contributed by atoms with Gasteiger partial charge in [-0.05, 0) is 18.6 Å². The maximum Gasteiger partial charge on any atom is 0.227 e. The molecule has 0 saturated heterocycles. The maximum absolute atomic E-state index is 11.2. The number of carbonyl (C=O) groups is 1. The standard InChI is InChI=1S/C21H17N3OS/c1-14-7-9-16(10-8-14)19-11-17(15-5-3-2-4-6-15)18(12-22)21(24-19)26-13-20(23)25/h2-11H,13H2,1H3,(H2,23,25). The Bertz CT molecular complexity index is 977. The van der Waals surface area contributed by atoms with Crippen LogP contribution in [0.15, 0.2) is 65.7 Å². The summed E-state index contributed by atoms with van der Waals surface area (Å²) in [6.45, 7) is 2.03. The number of nitriles is 1. The van der Waals surface area contributed by atoms with Gasteiger partial charge in [-0.3, -0.25) is 4.79 Å². The van der Waals surface area contributed by atoms with Crippen LogP contribution in [0.4, 0.5) is 0 Å². The first-order valence-electron chi connectivity index (χ1n) is 8.07. The number of benzene rings is 2. The van der Waals surface area contributed by atoms with Crippen LogP contribution in [0.2, 0.25) is 0 Å². The zero-order valence-electron chi connectivity index (χ0n) is 14.3. The summed E-state index contributed by atoms with van der Waals surface area (Å²) >= 11 is 1.19. The molecule has 0 aliphatic heterocycles. The fourth-order valence-electron chi connectivity index (χ4n) is 2.59. The van der Waals surface area contributed by atoms with Gasteiger partial charge in [-0.1, -0.05) is 71.9 Å². The molecule has 0 spiro atoms. The predicted molar refractivity (Wildman–Crippen MR) is 104 cm³/mol. The third kappa shape index (κ3) is 3.93. The van der Waals surface area contributed by atoms with E-state index in [9.17, 15) is 10.1 Å². The number of thioether (sulfide) groups is 1. The van der Waals surface area contributed by atoms with E-state index in [1.807, 2.05) is 67.6 Å². The minimum Gasteiger partial charge on any atom is -0.369 e. The molecule has 0 unspecified atom stereocenters. The number of carbonyl (C=O) groups excluding carboxylic acids is 1. The molecule has 1 amide bonds. The molecule has 26 heavy (non-hydrogen) atoms. The van der Waals surface area contributed by atoms with Gasteiger partial charge >= 0.3 is 0 Å². The van der Waals surface area contributed by atoms with Crippen molar-refractivity contribution >= 4 is 17.7 Å². The van der Waals surface area contributed by atoms with Gasteiger partial charge in [0.2, 0.25) is 5.91 Å². The highest BCUT2D eigenvalue weighted by atomic mass is 32.2. The van der Waals surface area contributed by atoms with Gasteiger partial charge in [0.25, 0.3) is 0 Å². The van der Waals surface area contributed by atoms with Crippen molar-refractivity contribution in [1.82, 2.24) is 4.98 Å². The van der Waals surface area contributed by atoms with Crippen LogP contribution in [-0.4, -0.2) is 16.6 Å². The Morgan fingerprint density at radius 2 is 1.81 bits per heavy atom. The molecule has 0 aliphatic rings. The quantitative estimate of drug-likeness (QED) is 0.693. The van der Waals surface area contributed by atoms with Crippen LogP contribution in [-0.2, 0) is 4.79 Å². The van der Waals surface area contributed by atoms with E-state index in [1.54, 1.807) is 0 Å². The van der Waals surface area contributed by atoms with Crippen molar-refractivity contribution in [3.8, 4) is 28.5 Å². The molecule has 1 aromatic heterocycles. The van der Waals surface area contributed by atoms with Crippen molar-refractivity contribution in [2.75, 3.05) is 5.75 Å². The minimum absolute atomic E-state index is 0.0766. The van der Waals surface area contributed by atoms with E-state index in [0.29, 0.717) is 10.6 Å². The van der Waals surface area contributed by atoms with Crippen molar-refractivity contribution in [1.29, 1.82) is 5.26 Å². The Morgan fingerprint density at radius 1 is 1.12 bits per heavy atom. The Morgan fingerprint density at radius 3 is 2.42 bits per heavy atom. The first kappa shape index (κ1) is 17.7. The SMILES string of the molecule is Cc1ccc(-c2cc(-c3ccccc3)c(C#N)c(SCC(N)=O)n2)cc1. The van der Waals surface area contributed by atoms with Gasteiger partial charge in [0.1, 0.15) is 11.1 Å². The summed E-state index contributed by atoms with van der Waals surface area (Å²) in [5, 5.41) is 10.2. The number of hydrogen-bond donors (Lipinski definition) is 1. The molecular formula is C21H17N3OS. The highest BCUT2D eigenvalue weighted by Gasteiger charge is 2.16. The monoisotopic (exact) mass is 359 g/mol. The fraction of sp³-hybridized carbons (Fsp3) is 0.0952. The van der Waals surface area contributed by atoms with Gasteiger partial charge in [0, 0.05) is 11.1 Å². The lowest BCUT2D eigenvalue weighted by molar-refractivity contribution is -0.115. The zero-order chi connectivity index (χ0) is 18.5. The summed E-state index contributed by atoms with van der Waals surface area (Å²) in [6.07, 6.45) is 0. The fourth-order valence-corrected chi connectivity index (χ4v) is 3.33. The molecule has 2 aromatic carbocycles. The van der Waals surface area contributed by atoms with Gasteiger partial charge in [-0.15, -0.1) is 0 Å². The molecule has 3 aromatic rings. The number of pyridine rings is 1. The van der Waals surface area contributed by atoms with Crippen molar-refractivity contribution in [3.05, 3.63) is 71.8 Å². The normalized spacial score (nSPS) is 10.3. The smallest absolute Gasteiger partial charge is 0.227 e. The summed E-state index contributed by atoms with van der Waals surface area (Å²) in [5.41, 5.74) is 10.3. The van der Waals surface area contributed by atoms with Crippen LogP contribution in [0.25, 0.3) is 22.4 Å². The summed E-state index contributed by atoms with van der Waals surface area (Å²) < 4.78 is 0. The first-order valence-corrected chi connectivity index (χ1v) is 9.05. The summed E-state index contributed by atoms with van der Waals surface area (Å²) in [6, 6.07) is 21.9. The van der Waals surface area contributed by atoms with Crippen LogP contribution in [0.5, 0.6) is 0 Å². The molecule has 5 heteroatoms. The molecule has 0 aliphatic carbocycles. The zero-order valence-corrected chi connectivity index (χ0v) is 15.1. The van der Waals surface area contributed by atoms with Gasteiger partial charge in [-0.25, -0.2) is 4.98 Å². The number of amides is 1. The molecule has 3 rings (SSSR count). The third-order valence-corrected chi connectivity index (χ3v) is 4.88. The van der Waals surface area contributed by atoms with Crippen molar-refractivity contribution < 1.29 is 4.79 Å². The molecule has 4 nitrogen and oxygen atoms in total. The largest absolute Gasteiger partial charge is 0.369 e. The summed E-state index contributed by atoms with van der Waals surface area (Å²) in [7, 11) is 0. The lowest BCUT2D eigenvalue weighted by atomic mass is 9.99. The number of aryl methyl sites for hydroxylation is 1. The average Bonchev–Trinajstić information content (AvgIpc) is 2.66. The molecule has 0 radical (unpaired) electrons. The van der Waals surface area contributed by atoms with E-state index < -0.39 is 5.91 Å². The Hall–Kier alpha value is -3.10. The first-order chi connectivity index (χ1) is 12.6. The van der Waals surface area contributed by atoms with Crippen LogP contribution in [0.3, 0.4) is 0 Å². The van der Waals surface area contributed by atoms with Crippen LogP contribution >= 0.6 is 11.8 Å². The number of primary amides is 1. The summed E-state index contributed by atoms with van der Waals surface area (Å²) in [5.74, 6) is -0.365. The van der Waals surface area contributed by atoms with Crippen LogP contribution < -0.4 is 5.73 Å². The van der Waals surface area contributed by atoms with E-state index >= 15 is 0 Å². The van der Waals surface area contributed by atoms with E-state index in [2.05, 4.69) is 11.1 Å². The maximum atomic E-state index is 11.2. The number of hydrogen-bond acceptors (Lipinski definition) is 4. The summed E-state index contributed by atoms with van der Waals surface area (Å²) in [4.78, 5) is 15.8. The topological polar surface area (TPSA) is 79.8 Å². The van der Waals surface area contributed by atoms with Crippen molar-refractivity contribution in [3.63, 3.8) is 0 Å². The lowest BCUT2D eigenvalue weighted by Gasteiger charge is -2.12. The van der Waals surface area contributed by atoms with Crippen molar-refractivity contribution in [2.24, 2.45) is 5.73 Å². The average molecular weight is 359 g/mol. The molecule has 0 fully saturated rings. The van der Waals surface area contributed by atoms with Gasteiger partial charge in [0.15, 0.2) is 0 Å². The third-order valence-electron chi connectivity index (χ3n) is 3.88. The second kappa shape index (κ2) is 7.85. The molecule has 0 bridgehead atoms. The van der Waals surface area contributed by atoms with Crippen molar-refractivity contribution in [2.45, 2.75) is 11.9 Å². The molecule has 0 atom stereocenters. The number of nitrogens with two attached hydrogens (primary N) is 1. The Labute approximate surface area is 156 Å². The van der Waals surface area contributed by atoms with Crippen LogP contribution in [0.1, 0.15) is 11.1 Å². The highest BCUT2D eigenvalue weighted by molar-refractivity contribution is 8.00. The van der Waals surface area contributed by atoms with E-state index in [4.69, 9.17) is 5.73 Å². The number of rotatable bonds is 5. The predicted octanol–water partition coefficient (Wildman–Crippen LogP) is 4.17. The Balaban J connectivity index is 2.19. The molecule has 0 saturated carbocycles. The van der Waals surface area contributed by atoms with Gasteiger partial charge < -0.3 is 5.73 Å². The highest BCUT2D eigenvalue weighted by Crippen LogP contribution is 2.34. The molecule has 2 N–H and O–H groups in total. The number of aromatic nitrogens is 1. The Kier molecular flexibility index (Phi) is 5.35. The van der Waals surface area contributed by atoms with Gasteiger partial charge in [-0.2, -0.15) is 5.26 Å². The molecular weight excluding hydrogens is 342 g/mol.